The first kappa shape index (κ1) is 25.8. The number of nitrogens with zero attached hydrogens (tertiary/aromatic N) is 4. The lowest BCUT2D eigenvalue weighted by Gasteiger charge is -2.35. The summed E-state index contributed by atoms with van der Waals surface area (Å²) in [6.07, 6.45) is 0. The summed E-state index contributed by atoms with van der Waals surface area (Å²) in [7, 11) is 0. The number of benzene rings is 3. The molecule has 2 saturated heterocycles. The monoisotopic (exact) mass is 512 g/mol. The molecule has 198 valence electrons. The Morgan fingerprint density at radius 1 is 0.500 bits per heavy atom. The number of piperazine rings is 2. The van der Waals surface area contributed by atoms with Crippen molar-refractivity contribution in [1.29, 1.82) is 0 Å². The maximum atomic E-state index is 12.8. The molecule has 0 aliphatic carbocycles. The standard InChI is InChI=1S/C30H36N6O2/c37-29(35-19-15-33(16-20-35)23-25-7-3-1-4-8-25)31-27-11-13-28(14-12-27)32-30(38)36-21-17-34(18-22-36)24-26-9-5-2-6-10-26/h1-14H,15-24H2,(H,31,37)(H,32,38). The molecule has 0 aromatic heterocycles. The van der Waals surface area contributed by atoms with Crippen molar-refractivity contribution in [3.8, 4) is 0 Å². The van der Waals surface area contributed by atoms with Gasteiger partial charge in [0.2, 0.25) is 0 Å². The Balaban J connectivity index is 1.03. The highest BCUT2D eigenvalue weighted by atomic mass is 16.2. The van der Waals surface area contributed by atoms with Crippen molar-refractivity contribution >= 4 is 23.4 Å². The number of amides is 4. The number of rotatable bonds is 6. The van der Waals surface area contributed by atoms with Crippen molar-refractivity contribution in [1.82, 2.24) is 19.6 Å². The fourth-order valence-corrected chi connectivity index (χ4v) is 4.94. The molecule has 5 rings (SSSR count). The molecule has 0 saturated carbocycles. The van der Waals surface area contributed by atoms with Gasteiger partial charge in [-0.15, -0.1) is 0 Å². The van der Waals surface area contributed by atoms with Crippen LogP contribution < -0.4 is 10.6 Å². The van der Waals surface area contributed by atoms with E-state index in [9.17, 15) is 9.59 Å². The Hall–Kier alpha value is -3.88. The smallest absolute Gasteiger partial charge is 0.321 e. The van der Waals surface area contributed by atoms with E-state index in [0.29, 0.717) is 37.6 Å². The van der Waals surface area contributed by atoms with E-state index in [1.165, 1.54) is 11.1 Å². The zero-order valence-corrected chi connectivity index (χ0v) is 21.8. The number of hydrogen-bond donors (Lipinski definition) is 2. The van der Waals surface area contributed by atoms with Gasteiger partial charge in [0, 0.05) is 76.8 Å². The molecular formula is C30H36N6O2. The number of urea groups is 2. The van der Waals surface area contributed by atoms with E-state index < -0.39 is 0 Å². The van der Waals surface area contributed by atoms with Gasteiger partial charge in [-0.2, -0.15) is 0 Å². The third-order valence-electron chi connectivity index (χ3n) is 7.20. The van der Waals surface area contributed by atoms with Crippen molar-refractivity contribution in [3.05, 3.63) is 96.1 Å². The van der Waals surface area contributed by atoms with Gasteiger partial charge in [-0.05, 0) is 35.4 Å². The van der Waals surface area contributed by atoms with E-state index in [4.69, 9.17) is 0 Å². The van der Waals surface area contributed by atoms with E-state index in [-0.39, 0.29) is 12.1 Å². The van der Waals surface area contributed by atoms with Crippen LogP contribution in [0.5, 0.6) is 0 Å². The molecular weight excluding hydrogens is 476 g/mol. The first-order valence-corrected chi connectivity index (χ1v) is 13.4. The summed E-state index contributed by atoms with van der Waals surface area (Å²) in [4.78, 5) is 34.0. The van der Waals surface area contributed by atoms with Crippen LogP contribution in [0.3, 0.4) is 0 Å². The Morgan fingerprint density at radius 2 is 0.842 bits per heavy atom. The van der Waals surface area contributed by atoms with Gasteiger partial charge < -0.3 is 20.4 Å². The van der Waals surface area contributed by atoms with Crippen LogP contribution in [0.1, 0.15) is 11.1 Å². The minimum absolute atomic E-state index is 0.0884. The van der Waals surface area contributed by atoms with Crippen LogP contribution in [-0.2, 0) is 13.1 Å². The fraction of sp³-hybridized carbons (Fsp3) is 0.333. The molecule has 38 heavy (non-hydrogen) atoms. The normalized spacial score (nSPS) is 16.7. The predicted octanol–water partition coefficient (Wildman–Crippen LogP) is 4.39. The molecule has 2 N–H and O–H groups in total. The van der Waals surface area contributed by atoms with Crippen LogP contribution in [0.4, 0.5) is 21.0 Å². The molecule has 0 radical (unpaired) electrons. The van der Waals surface area contributed by atoms with Crippen LogP contribution in [0.25, 0.3) is 0 Å². The second kappa shape index (κ2) is 12.6. The topological polar surface area (TPSA) is 71.2 Å². The number of carbonyl (C=O) groups excluding carboxylic acids is 2. The predicted molar refractivity (Wildman–Crippen MR) is 151 cm³/mol. The van der Waals surface area contributed by atoms with Crippen LogP contribution in [0.2, 0.25) is 0 Å². The molecule has 0 bridgehead atoms. The van der Waals surface area contributed by atoms with Gasteiger partial charge >= 0.3 is 12.1 Å². The van der Waals surface area contributed by atoms with Crippen LogP contribution in [-0.4, -0.2) is 84.0 Å². The first-order chi connectivity index (χ1) is 18.6. The number of nitrogens with one attached hydrogen (secondary N) is 2. The Morgan fingerprint density at radius 3 is 1.18 bits per heavy atom. The molecule has 2 aliphatic rings. The van der Waals surface area contributed by atoms with Gasteiger partial charge in [-0.3, -0.25) is 9.80 Å². The largest absolute Gasteiger partial charge is 0.322 e. The van der Waals surface area contributed by atoms with E-state index >= 15 is 0 Å². The lowest BCUT2D eigenvalue weighted by atomic mass is 10.2. The highest BCUT2D eigenvalue weighted by Gasteiger charge is 2.22. The minimum Gasteiger partial charge on any atom is -0.322 e. The first-order valence-electron chi connectivity index (χ1n) is 13.4. The fourth-order valence-electron chi connectivity index (χ4n) is 4.94. The van der Waals surface area contributed by atoms with Gasteiger partial charge in [0.1, 0.15) is 0 Å². The molecule has 0 unspecified atom stereocenters. The second-order valence-corrected chi connectivity index (χ2v) is 9.94. The average Bonchev–Trinajstić information content (AvgIpc) is 2.96. The SMILES string of the molecule is O=C(Nc1ccc(NC(=O)N2CCN(Cc3ccccc3)CC2)cc1)N1CCN(Cc2ccccc2)CC1. The van der Waals surface area contributed by atoms with Gasteiger partial charge in [0.15, 0.2) is 0 Å². The maximum Gasteiger partial charge on any atom is 0.321 e. The van der Waals surface area contributed by atoms with Gasteiger partial charge in [0.05, 0.1) is 0 Å². The molecule has 0 atom stereocenters. The Labute approximate surface area is 224 Å². The Kier molecular flexibility index (Phi) is 8.53. The molecule has 2 heterocycles. The summed E-state index contributed by atoms with van der Waals surface area (Å²) in [5, 5.41) is 5.97. The molecule has 4 amide bonds. The average molecular weight is 513 g/mol. The van der Waals surface area contributed by atoms with Crippen LogP contribution in [0, 0.1) is 0 Å². The maximum absolute atomic E-state index is 12.8. The zero-order valence-electron chi connectivity index (χ0n) is 21.8. The van der Waals surface area contributed by atoms with Crippen LogP contribution >= 0.6 is 0 Å². The van der Waals surface area contributed by atoms with Crippen molar-refractivity contribution < 1.29 is 9.59 Å². The second-order valence-electron chi connectivity index (χ2n) is 9.94. The van der Waals surface area contributed by atoms with Crippen molar-refractivity contribution in [2.75, 3.05) is 63.0 Å². The molecule has 3 aromatic carbocycles. The molecule has 0 spiro atoms. The van der Waals surface area contributed by atoms with E-state index in [0.717, 1.165) is 39.3 Å². The van der Waals surface area contributed by atoms with Crippen molar-refractivity contribution in [2.24, 2.45) is 0 Å². The van der Waals surface area contributed by atoms with E-state index in [2.05, 4.69) is 69.0 Å². The lowest BCUT2D eigenvalue weighted by molar-refractivity contribution is 0.142. The summed E-state index contributed by atoms with van der Waals surface area (Å²) in [6.45, 7) is 8.04. The molecule has 2 fully saturated rings. The van der Waals surface area contributed by atoms with Crippen molar-refractivity contribution in [3.63, 3.8) is 0 Å². The summed E-state index contributed by atoms with van der Waals surface area (Å²) in [5.41, 5.74) is 4.02. The summed E-state index contributed by atoms with van der Waals surface area (Å²) >= 11 is 0. The van der Waals surface area contributed by atoms with Gasteiger partial charge in [0.25, 0.3) is 0 Å². The number of carbonyl (C=O) groups is 2. The summed E-state index contributed by atoms with van der Waals surface area (Å²) in [5.74, 6) is 0. The highest BCUT2D eigenvalue weighted by Crippen LogP contribution is 2.17. The zero-order chi connectivity index (χ0) is 26.2. The van der Waals surface area contributed by atoms with Gasteiger partial charge in [-0.25, -0.2) is 9.59 Å². The number of anilines is 2. The van der Waals surface area contributed by atoms with E-state index in [1.54, 1.807) is 0 Å². The lowest BCUT2D eigenvalue weighted by Crippen LogP contribution is -2.49. The molecule has 8 heteroatoms. The Bertz CT molecular complexity index is 1080. The quantitative estimate of drug-likeness (QED) is 0.514. The third kappa shape index (κ3) is 7.12. The summed E-state index contributed by atoms with van der Waals surface area (Å²) < 4.78 is 0. The minimum atomic E-state index is -0.0884. The highest BCUT2D eigenvalue weighted by molar-refractivity contribution is 5.91. The van der Waals surface area contributed by atoms with Crippen LogP contribution in [0.15, 0.2) is 84.9 Å². The molecule has 8 nitrogen and oxygen atoms in total. The third-order valence-corrected chi connectivity index (χ3v) is 7.20. The van der Waals surface area contributed by atoms with Gasteiger partial charge in [-0.1, -0.05) is 60.7 Å². The molecule has 2 aliphatic heterocycles. The number of hydrogen-bond acceptors (Lipinski definition) is 4. The molecule has 3 aromatic rings. The van der Waals surface area contributed by atoms with E-state index in [1.807, 2.05) is 46.2 Å². The summed E-state index contributed by atoms with van der Waals surface area (Å²) in [6, 6.07) is 28.0. The van der Waals surface area contributed by atoms with Crippen molar-refractivity contribution in [2.45, 2.75) is 13.1 Å².